The maximum Gasteiger partial charge on any atom is 0.322 e. The summed E-state index contributed by atoms with van der Waals surface area (Å²) in [7, 11) is 0. The fourth-order valence-electron chi connectivity index (χ4n) is 1.64. The summed E-state index contributed by atoms with van der Waals surface area (Å²) in [6.45, 7) is 4.53. The molecule has 0 saturated heterocycles. The second-order valence-electron chi connectivity index (χ2n) is 4.64. The smallest absolute Gasteiger partial charge is 0.322 e. The summed E-state index contributed by atoms with van der Waals surface area (Å²) in [4.78, 5) is 11.4. The zero-order chi connectivity index (χ0) is 15.7. The number of rotatable bonds is 9. The van der Waals surface area contributed by atoms with Crippen LogP contribution < -0.4 is 5.32 Å². The molecule has 6 heteroatoms. The highest BCUT2D eigenvalue weighted by atomic mass is 35.5. The molecule has 2 N–H and O–H groups in total. The Labute approximate surface area is 130 Å². The molecule has 2 unspecified atom stereocenters. The molecule has 1 rings (SSSR count). The molecule has 0 aliphatic rings. The van der Waals surface area contributed by atoms with Crippen molar-refractivity contribution in [2.45, 2.75) is 32.6 Å². The second kappa shape index (κ2) is 9.73. The topological polar surface area (TPSA) is 67.8 Å². The van der Waals surface area contributed by atoms with Crippen LogP contribution in [-0.4, -0.2) is 43.0 Å². The van der Waals surface area contributed by atoms with Crippen molar-refractivity contribution < 1.29 is 19.4 Å². The van der Waals surface area contributed by atoms with Crippen LogP contribution in [0.15, 0.2) is 24.3 Å². The summed E-state index contributed by atoms with van der Waals surface area (Å²) in [6.07, 6.45) is -0.704. The number of carbonyl (C=O) groups excluding carboxylic acids is 1. The van der Waals surface area contributed by atoms with Gasteiger partial charge in [0.05, 0.1) is 25.9 Å². The highest BCUT2D eigenvalue weighted by Gasteiger charge is 2.15. The minimum atomic E-state index is -0.704. The van der Waals surface area contributed by atoms with E-state index in [9.17, 15) is 9.90 Å². The number of aliphatic hydroxyl groups is 1. The normalized spacial score (nSPS) is 13.7. The third-order valence-electron chi connectivity index (χ3n) is 2.83. The minimum Gasteiger partial charge on any atom is -0.465 e. The van der Waals surface area contributed by atoms with Gasteiger partial charge in [-0.05, 0) is 25.5 Å². The van der Waals surface area contributed by atoms with Crippen molar-refractivity contribution in [2.75, 3.05) is 19.8 Å². The SMILES string of the molecule is CCOC(=O)C(C)NCC(O)COCc1ccccc1Cl. The first-order chi connectivity index (χ1) is 10.0. The van der Waals surface area contributed by atoms with E-state index in [1.165, 1.54) is 0 Å². The van der Waals surface area contributed by atoms with E-state index in [0.29, 0.717) is 18.2 Å². The Kier molecular flexibility index (Phi) is 8.30. The highest BCUT2D eigenvalue weighted by molar-refractivity contribution is 6.31. The Morgan fingerprint density at radius 1 is 1.43 bits per heavy atom. The van der Waals surface area contributed by atoms with E-state index in [-0.39, 0.29) is 19.1 Å². The first kappa shape index (κ1) is 17.9. The van der Waals surface area contributed by atoms with Crippen molar-refractivity contribution in [1.29, 1.82) is 0 Å². The van der Waals surface area contributed by atoms with E-state index < -0.39 is 12.1 Å². The molecular weight excluding hydrogens is 294 g/mol. The molecular formula is C15H22ClNO4. The molecule has 0 fully saturated rings. The van der Waals surface area contributed by atoms with Gasteiger partial charge in [0.2, 0.25) is 0 Å². The molecule has 0 aromatic heterocycles. The number of halogens is 1. The zero-order valence-corrected chi connectivity index (χ0v) is 13.1. The Balaban J connectivity index is 2.21. The van der Waals surface area contributed by atoms with Gasteiger partial charge in [-0.1, -0.05) is 29.8 Å². The lowest BCUT2D eigenvalue weighted by atomic mass is 10.2. The number of ether oxygens (including phenoxy) is 2. The van der Waals surface area contributed by atoms with Gasteiger partial charge in [0.1, 0.15) is 6.04 Å². The number of carbonyl (C=O) groups is 1. The molecule has 0 heterocycles. The van der Waals surface area contributed by atoms with Crippen LogP contribution in [0.4, 0.5) is 0 Å². The molecule has 0 radical (unpaired) electrons. The van der Waals surface area contributed by atoms with Crippen LogP contribution in [0.5, 0.6) is 0 Å². The average Bonchev–Trinajstić information content (AvgIpc) is 2.47. The van der Waals surface area contributed by atoms with Gasteiger partial charge in [-0.2, -0.15) is 0 Å². The van der Waals surface area contributed by atoms with Crippen LogP contribution >= 0.6 is 11.6 Å². The molecule has 0 saturated carbocycles. The lowest BCUT2D eigenvalue weighted by molar-refractivity contribution is -0.145. The largest absolute Gasteiger partial charge is 0.465 e. The van der Waals surface area contributed by atoms with Crippen molar-refractivity contribution in [3.8, 4) is 0 Å². The number of benzene rings is 1. The fourth-order valence-corrected chi connectivity index (χ4v) is 1.83. The number of hydrogen-bond acceptors (Lipinski definition) is 5. The van der Waals surface area contributed by atoms with Crippen LogP contribution in [0.2, 0.25) is 5.02 Å². The first-order valence-electron chi connectivity index (χ1n) is 6.93. The first-order valence-corrected chi connectivity index (χ1v) is 7.31. The fraction of sp³-hybridized carbons (Fsp3) is 0.533. The van der Waals surface area contributed by atoms with Crippen molar-refractivity contribution >= 4 is 17.6 Å². The summed E-state index contributed by atoms with van der Waals surface area (Å²) in [6, 6.07) is 6.93. The lowest BCUT2D eigenvalue weighted by Crippen LogP contribution is -2.41. The van der Waals surface area contributed by atoms with Crippen molar-refractivity contribution in [3.05, 3.63) is 34.9 Å². The molecule has 1 aromatic rings. The summed E-state index contributed by atoms with van der Waals surface area (Å²) < 4.78 is 10.3. The summed E-state index contributed by atoms with van der Waals surface area (Å²) in [5.41, 5.74) is 0.874. The number of nitrogens with one attached hydrogen (secondary N) is 1. The molecule has 2 atom stereocenters. The molecule has 1 aromatic carbocycles. The van der Waals surface area contributed by atoms with Crippen LogP contribution in [0.3, 0.4) is 0 Å². The number of hydrogen-bond donors (Lipinski definition) is 2. The minimum absolute atomic E-state index is 0.160. The van der Waals surface area contributed by atoms with Gasteiger partial charge in [0.25, 0.3) is 0 Å². The lowest BCUT2D eigenvalue weighted by Gasteiger charge is -2.16. The summed E-state index contributed by atoms with van der Waals surface area (Å²) in [5, 5.41) is 13.3. The van der Waals surface area contributed by atoms with E-state index in [1.54, 1.807) is 19.9 Å². The van der Waals surface area contributed by atoms with Gasteiger partial charge in [0, 0.05) is 11.6 Å². The molecule has 118 valence electrons. The molecule has 0 spiro atoms. The van der Waals surface area contributed by atoms with Crippen molar-refractivity contribution in [3.63, 3.8) is 0 Å². The van der Waals surface area contributed by atoms with Crippen LogP contribution in [-0.2, 0) is 20.9 Å². The van der Waals surface area contributed by atoms with E-state index in [0.717, 1.165) is 5.56 Å². The standard InChI is InChI=1S/C15H22ClNO4/c1-3-21-15(19)11(2)17-8-13(18)10-20-9-12-6-4-5-7-14(12)16/h4-7,11,13,17-18H,3,8-10H2,1-2H3. The van der Waals surface area contributed by atoms with Gasteiger partial charge in [0.15, 0.2) is 0 Å². The number of aliphatic hydroxyl groups excluding tert-OH is 1. The number of esters is 1. The van der Waals surface area contributed by atoms with Crippen molar-refractivity contribution in [1.82, 2.24) is 5.32 Å². The Hall–Kier alpha value is -1.14. The molecule has 21 heavy (non-hydrogen) atoms. The van der Waals surface area contributed by atoms with Gasteiger partial charge in [-0.15, -0.1) is 0 Å². The summed E-state index contributed by atoms with van der Waals surface area (Å²) >= 11 is 6.00. The second-order valence-corrected chi connectivity index (χ2v) is 5.05. The third kappa shape index (κ3) is 6.91. The van der Waals surface area contributed by atoms with Crippen LogP contribution in [0.1, 0.15) is 19.4 Å². The van der Waals surface area contributed by atoms with Gasteiger partial charge in [-0.25, -0.2) is 0 Å². The highest BCUT2D eigenvalue weighted by Crippen LogP contribution is 2.15. The van der Waals surface area contributed by atoms with Crippen LogP contribution in [0, 0.1) is 0 Å². The quantitative estimate of drug-likeness (QED) is 0.680. The van der Waals surface area contributed by atoms with E-state index in [1.807, 2.05) is 18.2 Å². The Bertz CT molecular complexity index is 441. The van der Waals surface area contributed by atoms with E-state index >= 15 is 0 Å². The predicted molar refractivity (Wildman–Crippen MR) is 81.2 cm³/mol. The summed E-state index contributed by atoms with van der Waals surface area (Å²) in [5.74, 6) is -0.332. The van der Waals surface area contributed by atoms with Gasteiger partial charge in [-0.3, -0.25) is 4.79 Å². The zero-order valence-electron chi connectivity index (χ0n) is 12.3. The predicted octanol–water partition coefficient (Wildman–Crippen LogP) is 1.76. The Morgan fingerprint density at radius 2 is 2.14 bits per heavy atom. The molecule has 0 aliphatic carbocycles. The molecule has 5 nitrogen and oxygen atoms in total. The van der Waals surface area contributed by atoms with E-state index in [4.69, 9.17) is 21.1 Å². The molecule has 0 bridgehead atoms. The van der Waals surface area contributed by atoms with Crippen LogP contribution in [0.25, 0.3) is 0 Å². The maximum atomic E-state index is 11.4. The van der Waals surface area contributed by atoms with Gasteiger partial charge < -0.3 is 19.9 Å². The van der Waals surface area contributed by atoms with Crippen molar-refractivity contribution in [2.24, 2.45) is 0 Å². The maximum absolute atomic E-state index is 11.4. The monoisotopic (exact) mass is 315 g/mol. The Morgan fingerprint density at radius 3 is 2.81 bits per heavy atom. The van der Waals surface area contributed by atoms with E-state index in [2.05, 4.69) is 5.32 Å². The van der Waals surface area contributed by atoms with Gasteiger partial charge >= 0.3 is 5.97 Å². The third-order valence-corrected chi connectivity index (χ3v) is 3.19. The average molecular weight is 316 g/mol. The molecule has 0 aliphatic heterocycles. The molecule has 0 amide bonds.